The van der Waals surface area contributed by atoms with E-state index in [0.29, 0.717) is 6.54 Å². The molecule has 0 aliphatic heterocycles. The number of anilines is 1. The van der Waals surface area contributed by atoms with E-state index in [1.165, 1.54) is 11.0 Å². The summed E-state index contributed by atoms with van der Waals surface area (Å²) in [5, 5.41) is 3.76. The molecule has 0 aromatic carbocycles. The summed E-state index contributed by atoms with van der Waals surface area (Å²) in [7, 11) is 0. The highest BCUT2D eigenvalue weighted by atomic mass is 16.1. The molecule has 0 spiro atoms. The van der Waals surface area contributed by atoms with Gasteiger partial charge in [-0.1, -0.05) is 0 Å². The van der Waals surface area contributed by atoms with Crippen LogP contribution in [0.25, 0.3) is 0 Å². The van der Waals surface area contributed by atoms with Crippen molar-refractivity contribution in [2.75, 3.05) is 5.73 Å². The van der Waals surface area contributed by atoms with Crippen molar-refractivity contribution in [1.82, 2.24) is 14.8 Å². The highest BCUT2D eigenvalue weighted by Gasteiger charge is 1.97. The Bertz CT molecular complexity index is 255. The van der Waals surface area contributed by atoms with E-state index >= 15 is 0 Å². The maximum absolute atomic E-state index is 10.3. The molecule has 1 heterocycles. The number of carbonyl (C=O) groups is 1. The van der Waals surface area contributed by atoms with Crippen molar-refractivity contribution in [2.24, 2.45) is 5.73 Å². The molecule has 0 atom stereocenters. The molecule has 0 radical (unpaired) electrons. The van der Waals surface area contributed by atoms with Crippen LogP contribution in [0.5, 0.6) is 0 Å². The standard InChI is InChI=1S/C5H9N5O/c6-4(11)1-2-10-3-8-5(7)9-10/h3H,1-2H2,(H2,6,11)(H2,7,9). The Labute approximate surface area is 63.2 Å². The molecule has 0 fully saturated rings. The van der Waals surface area contributed by atoms with Crippen LogP contribution in [0.2, 0.25) is 0 Å². The number of primary amides is 1. The van der Waals surface area contributed by atoms with E-state index in [9.17, 15) is 4.79 Å². The van der Waals surface area contributed by atoms with Crippen molar-refractivity contribution in [3.8, 4) is 0 Å². The zero-order valence-electron chi connectivity index (χ0n) is 5.90. The lowest BCUT2D eigenvalue weighted by Crippen LogP contribution is -2.14. The fourth-order valence-corrected chi connectivity index (χ4v) is 0.642. The van der Waals surface area contributed by atoms with Gasteiger partial charge in [0.05, 0.1) is 6.54 Å². The van der Waals surface area contributed by atoms with Gasteiger partial charge in [0.2, 0.25) is 11.9 Å². The molecule has 60 valence electrons. The minimum Gasteiger partial charge on any atom is -0.370 e. The van der Waals surface area contributed by atoms with E-state index in [0.717, 1.165) is 0 Å². The maximum atomic E-state index is 10.3. The summed E-state index contributed by atoms with van der Waals surface area (Å²) < 4.78 is 1.47. The first-order chi connectivity index (χ1) is 5.18. The molecule has 0 aliphatic carbocycles. The minimum absolute atomic E-state index is 0.203. The highest BCUT2D eigenvalue weighted by molar-refractivity contribution is 5.73. The Hall–Kier alpha value is -1.59. The molecule has 4 N–H and O–H groups in total. The van der Waals surface area contributed by atoms with E-state index in [-0.39, 0.29) is 18.3 Å². The number of nitrogens with two attached hydrogens (primary N) is 2. The van der Waals surface area contributed by atoms with Gasteiger partial charge in [-0.3, -0.25) is 9.48 Å². The van der Waals surface area contributed by atoms with Gasteiger partial charge in [-0.25, -0.2) is 4.98 Å². The second-order valence-electron chi connectivity index (χ2n) is 2.08. The summed E-state index contributed by atoms with van der Waals surface area (Å²) in [4.78, 5) is 14.0. The molecule has 6 nitrogen and oxygen atoms in total. The molecule has 0 aliphatic rings. The summed E-state index contributed by atoms with van der Waals surface area (Å²) in [5.41, 5.74) is 10.1. The fourth-order valence-electron chi connectivity index (χ4n) is 0.642. The van der Waals surface area contributed by atoms with Gasteiger partial charge in [0, 0.05) is 6.42 Å². The van der Waals surface area contributed by atoms with Crippen LogP contribution in [-0.2, 0) is 11.3 Å². The van der Waals surface area contributed by atoms with Crippen molar-refractivity contribution in [3.63, 3.8) is 0 Å². The van der Waals surface area contributed by atoms with Gasteiger partial charge >= 0.3 is 0 Å². The Morgan fingerprint density at radius 3 is 2.91 bits per heavy atom. The predicted octanol–water partition coefficient (Wildman–Crippen LogP) is -1.26. The second-order valence-corrected chi connectivity index (χ2v) is 2.08. The van der Waals surface area contributed by atoms with Crippen LogP contribution in [0.15, 0.2) is 6.33 Å². The summed E-state index contributed by atoms with van der Waals surface area (Å²) in [6.45, 7) is 0.430. The predicted molar refractivity (Wildman–Crippen MR) is 38.2 cm³/mol. The van der Waals surface area contributed by atoms with Crippen LogP contribution >= 0.6 is 0 Å². The van der Waals surface area contributed by atoms with E-state index in [1.54, 1.807) is 0 Å². The zero-order valence-corrected chi connectivity index (χ0v) is 5.90. The number of aromatic nitrogens is 3. The van der Waals surface area contributed by atoms with Crippen molar-refractivity contribution in [2.45, 2.75) is 13.0 Å². The number of rotatable bonds is 3. The monoisotopic (exact) mass is 155 g/mol. The van der Waals surface area contributed by atoms with E-state index in [1.807, 2.05) is 0 Å². The van der Waals surface area contributed by atoms with Gasteiger partial charge in [-0.05, 0) is 0 Å². The number of amides is 1. The first-order valence-electron chi connectivity index (χ1n) is 3.11. The Morgan fingerprint density at radius 1 is 1.73 bits per heavy atom. The zero-order chi connectivity index (χ0) is 8.27. The summed E-state index contributed by atoms with van der Waals surface area (Å²) in [6, 6.07) is 0. The highest BCUT2D eigenvalue weighted by Crippen LogP contribution is 1.90. The van der Waals surface area contributed by atoms with Gasteiger partial charge in [0.15, 0.2) is 0 Å². The van der Waals surface area contributed by atoms with Crippen LogP contribution in [0, 0.1) is 0 Å². The molecule has 1 amide bonds. The first kappa shape index (κ1) is 7.52. The van der Waals surface area contributed by atoms with E-state index < -0.39 is 0 Å². The number of aryl methyl sites for hydroxylation is 1. The van der Waals surface area contributed by atoms with Gasteiger partial charge in [-0.15, -0.1) is 5.10 Å². The number of nitrogen functional groups attached to an aromatic ring is 1. The summed E-state index contributed by atoms with van der Waals surface area (Å²) in [5.74, 6) is -0.159. The molecule has 1 aromatic heterocycles. The van der Waals surface area contributed by atoms with Crippen molar-refractivity contribution < 1.29 is 4.79 Å². The molecule has 0 bridgehead atoms. The Kier molecular flexibility index (Phi) is 2.05. The van der Waals surface area contributed by atoms with Gasteiger partial charge in [-0.2, -0.15) is 0 Å². The van der Waals surface area contributed by atoms with Crippen molar-refractivity contribution in [1.29, 1.82) is 0 Å². The normalized spacial score (nSPS) is 9.82. The quantitative estimate of drug-likeness (QED) is 0.568. The third kappa shape index (κ3) is 2.24. The van der Waals surface area contributed by atoms with Crippen LogP contribution < -0.4 is 11.5 Å². The molecule has 11 heavy (non-hydrogen) atoms. The number of carbonyl (C=O) groups excluding carboxylic acids is 1. The fraction of sp³-hybridized carbons (Fsp3) is 0.400. The van der Waals surface area contributed by atoms with Crippen LogP contribution in [0.1, 0.15) is 6.42 Å². The largest absolute Gasteiger partial charge is 0.370 e. The lowest BCUT2D eigenvalue weighted by molar-refractivity contribution is -0.118. The Morgan fingerprint density at radius 2 is 2.45 bits per heavy atom. The van der Waals surface area contributed by atoms with Gasteiger partial charge in [0.1, 0.15) is 6.33 Å². The van der Waals surface area contributed by atoms with E-state index in [4.69, 9.17) is 11.5 Å². The molecule has 0 saturated carbocycles. The summed E-state index contributed by atoms with van der Waals surface area (Å²) in [6.07, 6.45) is 1.71. The molecule has 0 unspecified atom stereocenters. The molecular formula is C5H9N5O. The Balaban J connectivity index is 2.45. The SMILES string of the molecule is NC(=O)CCn1cnc(N)n1. The maximum Gasteiger partial charge on any atom is 0.239 e. The second kappa shape index (κ2) is 3.00. The first-order valence-corrected chi connectivity index (χ1v) is 3.11. The number of nitrogens with zero attached hydrogens (tertiary/aromatic N) is 3. The van der Waals surface area contributed by atoms with Gasteiger partial charge < -0.3 is 11.5 Å². The van der Waals surface area contributed by atoms with E-state index in [2.05, 4.69) is 10.1 Å². The van der Waals surface area contributed by atoms with Gasteiger partial charge in [0.25, 0.3) is 0 Å². The lowest BCUT2D eigenvalue weighted by Gasteiger charge is -1.94. The van der Waals surface area contributed by atoms with Crippen LogP contribution in [-0.4, -0.2) is 20.7 Å². The number of hydrogen-bond acceptors (Lipinski definition) is 4. The third-order valence-electron chi connectivity index (χ3n) is 1.14. The molecular weight excluding hydrogens is 146 g/mol. The van der Waals surface area contributed by atoms with Crippen LogP contribution in [0.3, 0.4) is 0 Å². The lowest BCUT2D eigenvalue weighted by atomic mass is 10.4. The average molecular weight is 155 g/mol. The van der Waals surface area contributed by atoms with Crippen molar-refractivity contribution in [3.05, 3.63) is 6.33 Å². The molecule has 1 aromatic rings. The van der Waals surface area contributed by atoms with Crippen LogP contribution in [0.4, 0.5) is 5.95 Å². The molecule has 1 rings (SSSR count). The average Bonchev–Trinajstić information content (AvgIpc) is 2.31. The molecule has 0 saturated heterocycles. The smallest absolute Gasteiger partial charge is 0.239 e. The molecule has 6 heteroatoms. The third-order valence-corrected chi connectivity index (χ3v) is 1.14. The minimum atomic E-state index is -0.362. The number of hydrogen-bond donors (Lipinski definition) is 2. The topological polar surface area (TPSA) is 99.8 Å². The summed E-state index contributed by atoms with van der Waals surface area (Å²) >= 11 is 0. The van der Waals surface area contributed by atoms with Crippen molar-refractivity contribution >= 4 is 11.9 Å².